The van der Waals surface area contributed by atoms with E-state index in [-0.39, 0.29) is 6.10 Å². The summed E-state index contributed by atoms with van der Waals surface area (Å²) >= 11 is 0. The molecule has 0 aromatic rings. The summed E-state index contributed by atoms with van der Waals surface area (Å²) in [6.07, 6.45) is 10.1. The van der Waals surface area contributed by atoms with Crippen molar-refractivity contribution in [1.82, 2.24) is 0 Å². The van der Waals surface area contributed by atoms with Gasteiger partial charge in [0.2, 0.25) is 0 Å². The van der Waals surface area contributed by atoms with Gasteiger partial charge in [0, 0.05) is 0 Å². The van der Waals surface area contributed by atoms with Crippen LogP contribution in [0.3, 0.4) is 0 Å². The standard InChI is InChI=1S/C12H22O/c1-3-5-6-7-11-10(4-2)8-9-12(11)13/h5-6,10-13H,3-4,7-9H2,1-2H3/b6-5-. The highest BCUT2D eigenvalue weighted by Gasteiger charge is 2.32. The molecule has 1 nitrogen and oxygen atoms in total. The van der Waals surface area contributed by atoms with E-state index >= 15 is 0 Å². The molecular weight excluding hydrogens is 160 g/mol. The molecule has 1 rings (SSSR count). The van der Waals surface area contributed by atoms with Crippen LogP contribution in [0.5, 0.6) is 0 Å². The van der Waals surface area contributed by atoms with Crippen LogP contribution in [-0.2, 0) is 0 Å². The second kappa shape index (κ2) is 5.43. The van der Waals surface area contributed by atoms with Gasteiger partial charge < -0.3 is 5.11 Å². The van der Waals surface area contributed by atoms with Gasteiger partial charge in [-0.15, -0.1) is 0 Å². The van der Waals surface area contributed by atoms with Crippen LogP contribution in [0.2, 0.25) is 0 Å². The first-order valence-corrected chi connectivity index (χ1v) is 5.62. The minimum atomic E-state index is -0.0357. The molecule has 3 atom stereocenters. The Balaban J connectivity index is 2.40. The van der Waals surface area contributed by atoms with Crippen molar-refractivity contribution in [2.75, 3.05) is 0 Å². The molecule has 0 aromatic heterocycles. The third-order valence-corrected chi connectivity index (χ3v) is 3.27. The molecule has 3 unspecified atom stereocenters. The highest BCUT2D eigenvalue weighted by Crippen LogP contribution is 2.36. The third kappa shape index (κ3) is 2.84. The molecule has 0 heterocycles. The molecule has 1 saturated carbocycles. The zero-order valence-corrected chi connectivity index (χ0v) is 8.87. The molecule has 1 heteroatoms. The van der Waals surface area contributed by atoms with Crippen molar-refractivity contribution in [3.63, 3.8) is 0 Å². The first-order chi connectivity index (χ1) is 6.29. The van der Waals surface area contributed by atoms with Crippen LogP contribution in [0.1, 0.15) is 46.0 Å². The average molecular weight is 182 g/mol. The fourth-order valence-corrected chi connectivity index (χ4v) is 2.40. The Hall–Kier alpha value is -0.300. The predicted molar refractivity (Wildman–Crippen MR) is 56.6 cm³/mol. The van der Waals surface area contributed by atoms with Gasteiger partial charge >= 0.3 is 0 Å². The molecule has 1 fully saturated rings. The smallest absolute Gasteiger partial charge is 0.0574 e. The predicted octanol–water partition coefficient (Wildman–Crippen LogP) is 3.14. The van der Waals surface area contributed by atoms with Crippen molar-refractivity contribution in [3.05, 3.63) is 12.2 Å². The number of hydrogen-bond donors (Lipinski definition) is 1. The van der Waals surface area contributed by atoms with E-state index < -0.39 is 0 Å². The summed E-state index contributed by atoms with van der Waals surface area (Å²) in [6, 6.07) is 0. The zero-order valence-electron chi connectivity index (χ0n) is 8.87. The van der Waals surface area contributed by atoms with Gasteiger partial charge in [-0.25, -0.2) is 0 Å². The Morgan fingerprint density at radius 1 is 1.23 bits per heavy atom. The van der Waals surface area contributed by atoms with Crippen molar-refractivity contribution in [2.45, 2.75) is 52.1 Å². The summed E-state index contributed by atoms with van der Waals surface area (Å²) in [6.45, 7) is 4.39. The van der Waals surface area contributed by atoms with E-state index in [0.29, 0.717) is 5.92 Å². The number of hydrogen-bond acceptors (Lipinski definition) is 1. The molecule has 1 N–H and O–H groups in total. The fraction of sp³-hybridized carbons (Fsp3) is 0.833. The summed E-state index contributed by atoms with van der Waals surface area (Å²) in [4.78, 5) is 0. The van der Waals surface area contributed by atoms with Crippen molar-refractivity contribution >= 4 is 0 Å². The summed E-state index contributed by atoms with van der Waals surface area (Å²) in [5, 5.41) is 9.76. The first-order valence-electron chi connectivity index (χ1n) is 5.62. The van der Waals surface area contributed by atoms with Gasteiger partial charge in [0.15, 0.2) is 0 Å². The Morgan fingerprint density at radius 2 is 2.00 bits per heavy atom. The van der Waals surface area contributed by atoms with E-state index in [1.807, 2.05) is 0 Å². The molecule has 0 spiro atoms. The Kier molecular flexibility index (Phi) is 4.51. The Bertz CT molecular complexity index is 163. The molecule has 0 aliphatic heterocycles. The van der Waals surface area contributed by atoms with Crippen molar-refractivity contribution < 1.29 is 5.11 Å². The normalized spacial score (nSPS) is 34.5. The fourth-order valence-electron chi connectivity index (χ4n) is 2.40. The second-order valence-corrected chi connectivity index (χ2v) is 4.09. The summed E-state index contributed by atoms with van der Waals surface area (Å²) in [7, 11) is 0. The first kappa shape index (κ1) is 10.8. The largest absolute Gasteiger partial charge is 0.393 e. The molecule has 1 aliphatic carbocycles. The molecule has 0 aromatic carbocycles. The SMILES string of the molecule is CC/C=C\CC1C(O)CCC1CC. The molecule has 1 aliphatic rings. The van der Waals surface area contributed by atoms with Crippen LogP contribution in [0, 0.1) is 11.8 Å². The zero-order chi connectivity index (χ0) is 9.68. The Labute approximate surface area is 81.9 Å². The number of aliphatic hydroxyl groups excluding tert-OH is 1. The van der Waals surface area contributed by atoms with Crippen LogP contribution >= 0.6 is 0 Å². The molecule has 0 amide bonds. The van der Waals surface area contributed by atoms with E-state index in [1.165, 1.54) is 12.8 Å². The minimum Gasteiger partial charge on any atom is -0.393 e. The van der Waals surface area contributed by atoms with Crippen LogP contribution in [0.25, 0.3) is 0 Å². The van der Waals surface area contributed by atoms with Gasteiger partial charge in [-0.1, -0.05) is 32.4 Å². The number of allylic oxidation sites excluding steroid dienone is 2. The van der Waals surface area contributed by atoms with Gasteiger partial charge in [-0.2, -0.15) is 0 Å². The summed E-state index contributed by atoms with van der Waals surface area (Å²) in [5.41, 5.74) is 0. The molecule has 0 bridgehead atoms. The van der Waals surface area contributed by atoms with Crippen molar-refractivity contribution in [2.24, 2.45) is 11.8 Å². The molecular formula is C12H22O. The van der Waals surface area contributed by atoms with E-state index in [4.69, 9.17) is 0 Å². The maximum atomic E-state index is 9.76. The van der Waals surface area contributed by atoms with E-state index in [9.17, 15) is 5.11 Å². The molecule has 76 valence electrons. The van der Waals surface area contributed by atoms with Crippen LogP contribution in [0.15, 0.2) is 12.2 Å². The molecule has 13 heavy (non-hydrogen) atoms. The molecule has 0 saturated heterocycles. The highest BCUT2D eigenvalue weighted by molar-refractivity contribution is 4.91. The maximum absolute atomic E-state index is 9.76. The lowest BCUT2D eigenvalue weighted by atomic mass is 9.89. The van der Waals surface area contributed by atoms with Crippen LogP contribution in [-0.4, -0.2) is 11.2 Å². The lowest BCUT2D eigenvalue weighted by molar-refractivity contribution is 0.118. The maximum Gasteiger partial charge on any atom is 0.0574 e. The van der Waals surface area contributed by atoms with Crippen molar-refractivity contribution in [1.29, 1.82) is 0 Å². The van der Waals surface area contributed by atoms with Crippen LogP contribution < -0.4 is 0 Å². The minimum absolute atomic E-state index is 0.0357. The van der Waals surface area contributed by atoms with Gasteiger partial charge in [-0.3, -0.25) is 0 Å². The summed E-state index contributed by atoms with van der Waals surface area (Å²) in [5.74, 6) is 1.30. The van der Waals surface area contributed by atoms with E-state index in [0.717, 1.165) is 25.2 Å². The van der Waals surface area contributed by atoms with Crippen LogP contribution in [0.4, 0.5) is 0 Å². The summed E-state index contributed by atoms with van der Waals surface area (Å²) < 4.78 is 0. The average Bonchev–Trinajstić information content (AvgIpc) is 2.48. The number of rotatable bonds is 4. The highest BCUT2D eigenvalue weighted by atomic mass is 16.3. The topological polar surface area (TPSA) is 20.2 Å². The Morgan fingerprint density at radius 3 is 2.62 bits per heavy atom. The van der Waals surface area contributed by atoms with E-state index in [2.05, 4.69) is 26.0 Å². The lowest BCUT2D eigenvalue weighted by Gasteiger charge is -2.18. The lowest BCUT2D eigenvalue weighted by Crippen LogP contribution is -2.17. The number of aliphatic hydroxyl groups is 1. The van der Waals surface area contributed by atoms with Crippen molar-refractivity contribution in [3.8, 4) is 0 Å². The second-order valence-electron chi connectivity index (χ2n) is 4.09. The third-order valence-electron chi connectivity index (χ3n) is 3.27. The van der Waals surface area contributed by atoms with E-state index in [1.54, 1.807) is 0 Å². The molecule has 0 radical (unpaired) electrons. The van der Waals surface area contributed by atoms with Gasteiger partial charge in [0.1, 0.15) is 0 Å². The van der Waals surface area contributed by atoms with Gasteiger partial charge in [-0.05, 0) is 37.5 Å². The quantitative estimate of drug-likeness (QED) is 0.662. The van der Waals surface area contributed by atoms with Gasteiger partial charge in [0.05, 0.1) is 6.10 Å². The monoisotopic (exact) mass is 182 g/mol. The van der Waals surface area contributed by atoms with Gasteiger partial charge in [0.25, 0.3) is 0 Å².